The minimum Gasteiger partial charge on any atom is -0.459 e. The van der Waals surface area contributed by atoms with E-state index >= 15 is 0 Å². The van der Waals surface area contributed by atoms with Crippen molar-refractivity contribution in [1.82, 2.24) is 15.2 Å². The van der Waals surface area contributed by atoms with Gasteiger partial charge in [0.15, 0.2) is 0 Å². The molecule has 12 heteroatoms. The quantitative estimate of drug-likeness (QED) is 0.136. The number of piperidine rings is 1. The Morgan fingerprint density at radius 1 is 0.917 bits per heavy atom. The number of carbonyl (C=O) groups is 2. The van der Waals surface area contributed by atoms with Gasteiger partial charge < -0.3 is 20.4 Å². The first-order chi connectivity index (χ1) is 22.8. The largest absolute Gasteiger partial charge is 0.459 e. The molecule has 3 N–H and O–H groups in total. The smallest absolute Gasteiger partial charge is 0.416 e. The summed E-state index contributed by atoms with van der Waals surface area (Å²) in [6, 6.07) is 19.8. The Kier molecular flexibility index (Phi) is 8.50. The average Bonchev–Trinajstić information content (AvgIpc) is 3.49. The Hall–Kier alpha value is -5.52. The van der Waals surface area contributed by atoms with Gasteiger partial charge in [0.05, 0.1) is 12.1 Å². The second-order valence-corrected chi connectivity index (χ2v) is 11.6. The third kappa shape index (κ3) is 6.92. The number of nitrogens with one attached hydrogen (secondary N) is 1. The minimum absolute atomic E-state index is 0.0362. The van der Waals surface area contributed by atoms with E-state index in [1.165, 1.54) is 17.2 Å². The monoisotopic (exact) mass is 660 g/mol. The molecule has 0 unspecified atom stereocenters. The summed E-state index contributed by atoms with van der Waals surface area (Å²) in [6.45, 7) is 3.70. The highest BCUT2D eigenvalue weighted by atomic mass is 19.4. The number of furan rings is 1. The number of carbonyl (C=O) groups excluding carboxylic acids is 2. The number of nitrogen functional groups attached to an aromatic ring is 1. The van der Waals surface area contributed by atoms with Crippen LogP contribution in [0.25, 0.3) is 38.8 Å². The van der Waals surface area contributed by atoms with Crippen molar-refractivity contribution in [1.29, 1.82) is 0 Å². The Balaban J connectivity index is 1.31. The molecule has 1 aliphatic rings. The van der Waals surface area contributed by atoms with Gasteiger partial charge in [0.2, 0.25) is 0 Å². The first kappa shape index (κ1) is 32.4. The molecular weight excluding hydrogens is 631 g/mol. The van der Waals surface area contributed by atoms with Gasteiger partial charge >= 0.3 is 6.18 Å². The maximum Gasteiger partial charge on any atom is 0.416 e. The lowest BCUT2D eigenvalue weighted by Crippen LogP contribution is -2.42. The number of likely N-dealkylation sites (tertiary alicyclic amines) is 1. The molecule has 2 aromatic heterocycles. The summed E-state index contributed by atoms with van der Waals surface area (Å²) in [4.78, 5) is 31.1. The van der Waals surface area contributed by atoms with E-state index < -0.39 is 23.6 Å². The molecule has 0 aliphatic carbocycles. The van der Waals surface area contributed by atoms with Crippen LogP contribution in [0, 0.1) is 0 Å². The normalized spacial score (nSPS) is 14.6. The van der Waals surface area contributed by atoms with Crippen molar-refractivity contribution in [3.05, 3.63) is 114 Å². The minimum atomic E-state index is -4.57. The highest BCUT2D eigenvalue weighted by Gasteiger charge is 2.36. The summed E-state index contributed by atoms with van der Waals surface area (Å²) in [7, 11) is 0. The van der Waals surface area contributed by atoms with Gasteiger partial charge in [0.25, 0.3) is 17.7 Å². The lowest BCUT2D eigenvalue weighted by Gasteiger charge is -2.31. The van der Waals surface area contributed by atoms with Crippen molar-refractivity contribution in [3.63, 3.8) is 0 Å². The SMILES string of the molecule is C=C(C(=O)NCc1cc2cc(-c3ccc(C(=O)N4CCC(F)(F)CC4)cc3)cc(-c3cccc(C(F)(F)F)c3)c2o1)c1ccc(N)nc1. The Labute approximate surface area is 271 Å². The van der Waals surface area contributed by atoms with E-state index in [2.05, 4.69) is 16.9 Å². The number of pyridine rings is 1. The van der Waals surface area contributed by atoms with E-state index in [-0.39, 0.29) is 49.5 Å². The van der Waals surface area contributed by atoms with Gasteiger partial charge in [-0.25, -0.2) is 13.8 Å². The molecule has 0 radical (unpaired) electrons. The van der Waals surface area contributed by atoms with Gasteiger partial charge in [-0.1, -0.05) is 30.8 Å². The Bertz CT molecular complexity index is 2010. The van der Waals surface area contributed by atoms with E-state index in [9.17, 15) is 31.5 Å². The molecule has 0 spiro atoms. The predicted molar refractivity (Wildman–Crippen MR) is 172 cm³/mol. The van der Waals surface area contributed by atoms with Gasteiger partial charge in [-0.15, -0.1) is 0 Å². The van der Waals surface area contributed by atoms with E-state index in [0.29, 0.717) is 50.4 Å². The number of anilines is 1. The molecule has 1 fully saturated rings. The lowest BCUT2D eigenvalue weighted by atomic mass is 9.95. The van der Waals surface area contributed by atoms with E-state index in [1.807, 2.05) is 0 Å². The number of hydrogen-bond donors (Lipinski definition) is 2. The van der Waals surface area contributed by atoms with Crippen LogP contribution in [-0.2, 0) is 17.5 Å². The highest BCUT2D eigenvalue weighted by Crippen LogP contribution is 2.39. The van der Waals surface area contributed by atoms with E-state index in [0.717, 1.165) is 12.1 Å². The number of nitrogens with zero attached hydrogens (tertiary/aromatic N) is 2. The lowest BCUT2D eigenvalue weighted by molar-refractivity contribution is -0.137. The molecule has 246 valence electrons. The van der Waals surface area contributed by atoms with Crippen molar-refractivity contribution in [2.45, 2.75) is 31.5 Å². The molecule has 48 heavy (non-hydrogen) atoms. The van der Waals surface area contributed by atoms with Crippen LogP contribution in [0.4, 0.5) is 27.8 Å². The maximum absolute atomic E-state index is 13.7. The fourth-order valence-corrected chi connectivity index (χ4v) is 5.55. The first-order valence-electron chi connectivity index (χ1n) is 15.0. The van der Waals surface area contributed by atoms with Crippen LogP contribution in [0.15, 0.2) is 96.1 Å². The number of fused-ring (bicyclic) bond motifs is 1. The number of aromatic nitrogens is 1. The van der Waals surface area contributed by atoms with Crippen LogP contribution in [-0.4, -0.2) is 40.7 Å². The molecule has 1 saturated heterocycles. The topological polar surface area (TPSA) is 101 Å². The van der Waals surface area contributed by atoms with Crippen LogP contribution in [0.3, 0.4) is 0 Å². The number of alkyl halides is 5. The summed E-state index contributed by atoms with van der Waals surface area (Å²) in [5, 5.41) is 3.31. The van der Waals surface area contributed by atoms with Crippen molar-refractivity contribution in [2.75, 3.05) is 18.8 Å². The zero-order valence-corrected chi connectivity index (χ0v) is 25.4. The molecule has 0 saturated carbocycles. The van der Waals surface area contributed by atoms with Crippen LogP contribution < -0.4 is 11.1 Å². The molecule has 1 aliphatic heterocycles. The number of benzene rings is 3. The van der Waals surface area contributed by atoms with Crippen LogP contribution in [0.1, 0.15) is 40.1 Å². The summed E-state index contributed by atoms with van der Waals surface area (Å²) in [6.07, 6.45) is -3.92. The molecule has 0 bridgehead atoms. The summed E-state index contributed by atoms with van der Waals surface area (Å²) >= 11 is 0. The number of hydrogen-bond acceptors (Lipinski definition) is 5. The van der Waals surface area contributed by atoms with E-state index in [1.54, 1.807) is 60.7 Å². The van der Waals surface area contributed by atoms with Crippen molar-refractivity contribution >= 4 is 34.2 Å². The summed E-state index contributed by atoms with van der Waals surface area (Å²) < 4.78 is 74.2. The zero-order valence-electron chi connectivity index (χ0n) is 25.4. The Morgan fingerprint density at radius 2 is 1.62 bits per heavy atom. The highest BCUT2D eigenvalue weighted by molar-refractivity contribution is 6.18. The third-order valence-electron chi connectivity index (χ3n) is 8.25. The van der Waals surface area contributed by atoms with Gasteiger partial charge in [0.1, 0.15) is 17.2 Å². The van der Waals surface area contributed by atoms with Crippen molar-refractivity contribution < 1.29 is 36.0 Å². The van der Waals surface area contributed by atoms with Gasteiger partial charge in [0, 0.05) is 59.8 Å². The van der Waals surface area contributed by atoms with Gasteiger partial charge in [-0.3, -0.25) is 9.59 Å². The van der Waals surface area contributed by atoms with Crippen molar-refractivity contribution in [3.8, 4) is 22.3 Å². The molecule has 3 heterocycles. The third-order valence-corrected chi connectivity index (χ3v) is 8.25. The second-order valence-electron chi connectivity index (χ2n) is 11.6. The maximum atomic E-state index is 13.7. The molecule has 3 aromatic carbocycles. The van der Waals surface area contributed by atoms with Gasteiger partial charge in [-0.2, -0.15) is 13.2 Å². The molecule has 0 atom stereocenters. The number of amides is 2. The molecule has 7 nitrogen and oxygen atoms in total. The van der Waals surface area contributed by atoms with Crippen LogP contribution >= 0.6 is 0 Å². The fraction of sp³-hybridized carbons (Fsp3) is 0.194. The van der Waals surface area contributed by atoms with Crippen LogP contribution in [0.5, 0.6) is 0 Å². The summed E-state index contributed by atoms with van der Waals surface area (Å²) in [5.74, 6) is -2.97. The molecule has 6 rings (SSSR count). The van der Waals surface area contributed by atoms with Crippen molar-refractivity contribution in [2.24, 2.45) is 0 Å². The van der Waals surface area contributed by atoms with Crippen LogP contribution in [0.2, 0.25) is 0 Å². The second kappa shape index (κ2) is 12.6. The number of halogens is 5. The number of rotatable bonds is 7. The predicted octanol–water partition coefficient (Wildman–Crippen LogP) is 7.96. The average molecular weight is 661 g/mol. The molecular formula is C36H29F5N4O3. The first-order valence-corrected chi connectivity index (χ1v) is 15.0. The molecule has 5 aromatic rings. The van der Waals surface area contributed by atoms with E-state index in [4.69, 9.17) is 10.2 Å². The fourth-order valence-electron chi connectivity index (χ4n) is 5.55. The Morgan fingerprint density at radius 3 is 2.29 bits per heavy atom. The summed E-state index contributed by atoms with van der Waals surface area (Å²) in [5.41, 5.74) is 8.02. The standard InChI is InChI=1S/C36H29F5N4O3/c1-21(25-9-10-31(42)43-19-25)33(46)44-20-29-17-27-15-26(18-30(32(27)48-29)24-3-2-4-28(16-24)36(39,40)41)22-5-7-23(8-6-22)34(47)45-13-11-35(37,38)12-14-45/h2-10,15-19H,1,11-14,20H2,(H2,42,43)(H,44,46). The molecule has 2 amide bonds. The van der Waals surface area contributed by atoms with Gasteiger partial charge in [-0.05, 0) is 71.3 Å². The number of nitrogens with two attached hydrogens (primary N) is 1. The zero-order chi connectivity index (χ0) is 34.2.